The van der Waals surface area contributed by atoms with E-state index in [9.17, 15) is 10.1 Å². The van der Waals surface area contributed by atoms with Gasteiger partial charge in [-0.05, 0) is 71.7 Å². The van der Waals surface area contributed by atoms with Crippen LogP contribution in [-0.4, -0.2) is 19.1 Å². The summed E-state index contributed by atoms with van der Waals surface area (Å²) in [5.74, 6) is 0.809. The van der Waals surface area contributed by atoms with Crippen molar-refractivity contribution in [2.45, 2.75) is 20.3 Å². The van der Waals surface area contributed by atoms with Crippen molar-refractivity contribution in [2.24, 2.45) is 0 Å². The first-order valence-corrected chi connectivity index (χ1v) is 10.3. The van der Waals surface area contributed by atoms with Gasteiger partial charge in [-0.1, -0.05) is 22.9 Å². The molecule has 28 heavy (non-hydrogen) atoms. The third kappa shape index (κ3) is 6.11. The largest absolute Gasteiger partial charge is 0.494 e. The molecule has 7 heteroatoms. The van der Waals surface area contributed by atoms with Gasteiger partial charge in [-0.2, -0.15) is 5.26 Å². The molecule has 0 spiro atoms. The summed E-state index contributed by atoms with van der Waals surface area (Å²) < 4.78 is 12.7. The summed E-state index contributed by atoms with van der Waals surface area (Å²) in [6.45, 7) is 5.00. The first kappa shape index (κ1) is 22.0. The summed E-state index contributed by atoms with van der Waals surface area (Å²) in [7, 11) is 0. The first-order chi connectivity index (χ1) is 13.5. The molecule has 146 valence electrons. The zero-order valence-electron chi connectivity index (χ0n) is 15.6. The highest BCUT2D eigenvalue weighted by molar-refractivity contribution is 9.11. The topological polar surface area (TPSA) is 71.3 Å². The summed E-state index contributed by atoms with van der Waals surface area (Å²) in [5.41, 5.74) is 1.18. The molecule has 0 radical (unpaired) electrons. The summed E-state index contributed by atoms with van der Waals surface area (Å²) in [5, 5.41) is 12.2. The van der Waals surface area contributed by atoms with E-state index in [1.165, 1.54) is 6.08 Å². The number of rotatable bonds is 8. The van der Waals surface area contributed by atoms with E-state index in [0.717, 1.165) is 15.4 Å². The van der Waals surface area contributed by atoms with Crippen molar-refractivity contribution >= 4 is 49.5 Å². The maximum atomic E-state index is 12.6. The van der Waals surface area contributed by atoms with Crippen molar-refractivity contribution in [1.82, 2.24) is 0 Å². The third-order valence-electron chi connectivity index (χ3n) is 3.58. The molecule has 0 aliphatic rings. The van der Waals surface area contributed by atoms with Gasteiger partial charge in [-0.25, -0.2) is 0 Å². The fraction of sp³-hybridized carbons (Fsp3) is 0.238. The molecule has 5 nitrogen and oxygen atoms in total. The Bertz CT molecular complexity index is 903. The molecule has 0 aliphatic heterocycles. The number of carbonyl (C=O) groups excluding carboxylic acids is 1. The number of nitriles is 1. The molecule has 0 atom stereocenters. The SMILES string of the molecule is CCCOc1c(Br)cc(Br)cc1/C=C(\C#N)C(=O)Nc1ccc(OCC)cc1. The van der Waals surface area contributed by atoms with Crippen molar-refractivity contribution in [3.8, 4) is 17.6 Å². The lowest BCUT2D eigenvalue weighted by Crippen LogP contribution is -2.13. The Morgan fingerprint density at radius 3 is 2.50 bits per heavy atom. The van der Waals surface area contributed by atoms with Crippen LogP contribution in [0.4, 0.5) is 5.69 Å². The number of hydrogen-bond acceptors (Lipinski definition) is 4. The fourth-order valence-electron chi connectivity index (χ4n) is 2.35. The Balaban J connectivity index is 2.27. The molecule has 0 unspecified atom stereocenters. The molecular formula is C21H20Br2N2O3. The highest BCUT2D eigenvalue weighted by atomic mass is 79.9. The van der Waals surface area contributed by atoms with E-state index in [-0.39, 0.29) is 5.57 Å². The van der Waals surface area contributed by atoms with Crippen LogP contribution in [0.15, 0.2) is 50.9 Å². The molecule has 0 aliphatic carbocycles. The summed E-state index contributed by atoms with van der Waals surface area (Å²) in [4.78, 5) is 12.6. The number of hydrogen-bond donors (Lipinski definition) is 1. The van der Waals surface area contributed by atoms with Crippen molar-refractivity contribution in [3.05, 3.63) is 56.5 Å². The molecule has 0 saturated carbocycles. The van der Waals surface area contributed by atoms with Gasteiger partial charge >= 0.3 is 0 Å². The Kier molecular flexibility index (Phi) is 8.55. The highest BCUT2D eigenvalue weighted by Crippen LogP contribution is 2.34. The smallest absolute Gasteiger partial charge is 0.266 e. The second-order valence-corrected chi connectivity index (χ2v) is 7.51. The Labute approximate surface area is 181 Å². The number of amides is 1. The summed E-state index contributed by atoms with van der Waals surface area (Å²) >= 11 is 6.90. The van der Waals surface area contributed by atoms with Gasteiger partial charge in [0, 0.05) is 15.7 Å². The van der Waals surface area contributed by atoms with Crippen LogP contribution in [-0.2, 0) is 4.79 Å². The number of carbonyl (C=O) groups is 1. The second-order valence-electron chi connectivity index (χ2n) is 5.74. The Morgan fingerprint density at radius 2 is 1.89 bits per heavy atom. The second kappa shape index (κ2) is 10.9. The molecule has 0 saturated heterocycles. The number of anilines is 1. The van der Waals surface area contributed by atoms with E-state index in [1.807, 2.05) is 26.0 Å². The van der Waals surface area contributed by atoms with E-state index < -0.39 is 5.91 Å². The lowest BCUT2D eigenvalue weighted by molar-refractivity contribution is -0.112. The monoisotopic (exact) mass is 506 g/mol. The predicted molar refractivity (Wildman–Crippen MR) is 117 cm³/mol. The van der Waals surface area contributed by atoms with E-state index in [0.29, 0.717) is 36.0 Å². The minimum atomic E-state index is -0.496. The van der Waals surface area contributed by atoms with Crippen LogP contribution >= 0.6 is 31.9 Å². The van der Waals surface area contributed by atoms with Crippen LogP contribution in [0.1, 0.15) is 25.8 Å². The maximum absolute atomic E-state index is 12.6. The number of nitrogens with zero attached hydrogens (tertiary/aromatic N) is 1. The molecule has 0 aromatic heterocycles. The standard InChI is InChI=1S/C21H20Br2N2O3/c1-3-9-28-20-14(11-16(22)12-19(20)23)10-15(13-24)21(26)25-17-5-7-18(8-6-17)27-4-2/h5-8,10-12H,3-4,9H2,1-2H3,(H,25,26)/b15-10+. The van der Waals surface area contributed by atoms with Gasteiger partial charge in [-0.3, -0.25) is 4.79 Å². The molecule has 2 rings (SSSR count). The molecule has 2 aromatic carbocycles. The fourth-order valence-corrected chi connectivity index (χ4v) is 3.72. The highest BCUT2D eigenvalue weighted by Gasteiger charge is 2.14. The quantitative estimate of drug-likeness (QED) is 0.354. The van der Waals surface area contributed by atoms with Gasteiger partial charge in [0.1, 0.15) is 23.1 Å². The van der Waals surface area contributed by atoms with Crippen LogP contribution in [0.3, 0.4) is 0 Å². The van der Waals surface area contributed by atoms with E-state index in [4.69, 9.17) is 9.47 Å². The van der Waals surface area contributed by atoms with Crippen molar-refractivity contribution in [2.75, 3.05) is 18.5 Å². The normalized spacial score (nSPS) is 10.9. The Hall–Kier alpha value is -2.30. The third-order valence-corrected chi connectivity index (χ3v) is 4.62. The molecule has 0 heterocycles. The zero-order valence-corrected chi connectivity index (χ0v) is 18.8. The minimum Gasteiger partial charge on any atom is -0.494 e. The zero-order chi connectivity index (χ0) is 20.5. The van der Waals surface area contributed by atoms with Crippen LogP contribution in [0, 0.1) is 11.3 Å². The van der Waals surface area contributed by atoms with E-state index in [1.54, 1.807) is 30.3 Å². The van der Waals surface area contributed by atoms with E-state index in [2.05, 4.69) is 37.2 Å². The summed E-state index contributed by atoms with van der Waals surface area (Å²) in [6.07, 6.45) is 2.36. The molecule has 1 N–H and O–H groups in total. The van der Waals surface area contributed by atoms with Crippen molar-refractivity contribution < 1.29 is 14.3 Å². The number of benzene rings is 2. The number of ether oxygens (including phenoxy) is 2. The van der Waals surface area contributed by atoms with Crippen LogP contribution < -0.4 is 14.8 Å². The molecule has 0 bridgehead atoms. The van der Waals surface area contributed by atoms with Gasteiger partial charge in [0.15, 0.2) is 0 Å². The van der Waals surface area contributed by atoms with Crippen LogP contribution in [0.25, 0.3) is 6.08 Å². The molecule has 0 fully saturated rings. The van der Waals surface area contributed by atoms with Crippen molar-refractivity contribution in [3.63, 3.8) is 0 Å². The number of nitrogens with one attached hydrogen (secondary N) is 1. The predicted octanol–water partition coefficient (Wildman–Crippen LogP) is 5.94. The van der Waals surface area contributed by atoms with Gasteiger partial charge in [0.2, 0.25) is 0 Å². The maximum Gasteiger partial charge on any atom is 0.266 e. The lowest BCUT2D eigenvalue weighted by atomic mass is 10.1. The van der Waals surface area contributed by atoms with Gasteiger partial charge in [0.05, 0.1) is 17.7 Å². The summed E-state index contributed by atoms with van der Waals surface area (Å²) in [6, 6.07) is 12.6. The van der Waals surface area contributed by atoms with Crippen LogP contribution in [0.5, 0.6) is 11.5 Å². The lowest BCUT2D eigenvalue weighted by Gasteiger charge is -2.12. The molecule has 1 amide bonds. The minimum absolute atomic E-state index is 0.0276. The number of halogens is 2. The van der Waals surface area contributed by atoms with Crippen LogP contribution in [0.2, 0.25) is 0 Å². The molecular weight excluding hydrogens is 488 g/mol. The molecule has 2 aromatic rings. The van der Waals surface area contributed by atoms with Gasteiger partial charge in [-0.15, -0.1) is 0 Å². The van der Waals surface area contributed by atoms with Gasteiger partial charge < -0.3 is 14.8 Å². The van der Waals surface area contributed by atoms with E-state index >= 15 is 0 Å². The van der Waals surface area contributed by atoms with Crippen molar-refractivity contribution in [1.29, 1.82) is 5.26 Å². The first-order valence-electron chi connectivity index (χ1n) is 8.76. The average molecular weight is 508 g/mol. The van der Waals surface area contributed by atoms with Gasteiger partial charge in [0.25, 0.3) is 5.91 Å². The Morgan fingerprint density at radius 1 is 1.18 bits per heavy atom. The average Bonchev–Trinajstić information content (AvgIpc) is 2.67.